The van der Waals surface area contributed by atoms with Crippen molar-refractivity contribution in [2.75, 3.05) is 6.61 Å². The molecule has 2 aromatic carbocycles. The molecule has 2 aromatic rings. The van der Waals surface area contributed by atoms with E-state index < -0.39 is 0 Å². The van der Waals surface area contributed by atoms with E-state index >= 15 is 0 Å². The molecule has 0 spiro atoms. The number of aliphatic hydroxyl groups excluding tert-OH is 1. The molecule has 1 unspecified atom stereocenters. The number of aliphatic hydroxyl groups is 1. The van der Waals surface area contributed by atoms with Crippen LogP contribution in [0.15, 0.2) is 36.4 Å². The largest absolute Gasteiger partial charge is 0.489 e. The van der Waals surface area contributed by atoms with Gasteiger partial charge >= 0.3 is 0 Å². The summed E-state index contributed by atoms with van der Waals surface area (Å²) >= 11 is 0. The molecular formula is C18H20O3. The van der Waals surface area contributed by atoms with Crippen LogP contribution in [0, 0.1) is 13.8 Å². The van der Waals surface area contributed by atoms with Crippen LogP contribution in [-0.2, 0) is 13.0 Å². The lowest BCUT2D eigenvalue weighted by atomic mass is 10.1. The second kappa shape index (κ2) is 5.78. The fourth-order valence-electron chi connectivity index (χ4n) is 2.76. The van der Waals surface area contributed by atoms with E-state index in [9.17, 15) is 5.11 Å². The summed E-state index contributed by atoms with van der Waals surface area (Å²) in [6.07, 6.45) is 0.908. The lowest BCUT2D eigenvalue weighted by Gasteiger charge is -2.16. The highest BCUT2D eigenvalue weighted by molar-refractivity contribution is 5.42. The Kier molecular flexibility index (Phi) is 3.84. The number of hydrogen-bond donors (Lipinski definition) is 1. The second-order valence-corrected chi connectivity index (χ2v) is 5.59. The zero-order valence-electron chi connectivity index (χ0n) is 12.4. The van der Waals surface area contributed by atoms with E-state index in [0.29, 0.717) is 6.61 Å². The van der Waals surface area contributed by atoms with Crippen molar-refractivity contribution in [3.63, 3.8) is 0 Å². The maximum absolute atomic E-state index is 9.40. The summed E-state index contributed by atoms with van der Waals surface area (Å²) in [6, 6.07) is 12.1. The smallest absolute Gasteiger partial charge is 0.137 e. The second-order valence-electron chi connectivity index (χ2n) is 5.59. The van der Waals surface area contributed by atoms with Crippen LogP contribution in [0.5, 0.6) is 11.5 Å². The van der Waals surface area contributed by atoms with Gasteiger partial charge in [-0.05, 0) is 31.0 Å². The fourth-order valence-corrected chi connectivity index (χ4v) is 2.76. The Morgan fingerprint density at radius 1 is 1.24 bits per heavy atom. The third-order valence-electron chi connectivity index (χ3n) is 3.83. The number of rotatable bonds is 4. The topological polar surface area (TPSA) is 38.7 Å². The van der Waals surface area contributed by atoms with Gasteiger partial charge in [0.1, 0.15) is 24.2 Å². The van der Waals surface area contributed by atoms with Crippen molar-refractivity contribution in [2.45, 2.75) is 33.0 Å². The van der Waals surface area contributed by atoms with E-state index in [0.717, 1.165) is 29.0 Å². The third-order valence-corrected chi connectivity index (χ3v) is 3.83. The van der Waals surface area contributed by atoms with Gasteiger partial charge in [0.25, 0.3) is 0 Å². The summed E-state index contributed by atoms with van der Waals surface area (Å²) in [5.74, 6) is 1.73. The van der Waals surface area contributed by atoms with Crippen molar-refractivity contribution in [2.24, 2.45) is 0 Å². The minimum atomic E-state index is -0.0119. The van der Waals surface area contributed by atoms with Gasteiger partial charge in [-0.3, -0.25) is 0 Å². The van der Waals surface area contributed by atoms with E-state index in [1.165, 1.54) is 11.1 Å². The Morgan fingerprint density at radius 2 is 2.10 bits per heavy atom. The quantitative estimate of drug-likeness (QED) is 0.937. The van der Waals surface area contributed by atoms with E-state index in [1.54, 1.807) is 0 Å². The summed E-state index contributed by atoms with van der Waals surface area (Å²) in [4.78, 5) is 0. The molecule has 21 heavy (non-hydrogen) atoms. The molecule has 1 atom stereocenters. The van der Waals surface area contributed by atoms with Gasteiger partial charge in [-0.25, -0.2) is 0 Å². The molecule has 3 heteroatoms. The molecule has 1 aliphatic heterocycles. The van der Waals surface area contributed by atoms with Crippen LogP contribution in [0.2, 0.25) is 0 Å². The summed E-state index contributed by atoms with van der Waals surface area (Å²) in [6.45, 7) is 4.56. The third kappa shape index (κ3) is 2.88. The van der Waals surface area contributed by atoms with Crippen molar-refractivity contribution < 1.29 is 14.6 Å². The van der Waals surface area contributed by atoms with E-state index in [2.05, 4.69) is 19.1 Å². The zero-order chi connectivity index (χ0) is 14.8. The summed E-state index contributed by atoms with van der Waals surface area (Å²) < 4.78 is 11.8. The van der Waals surface area contributed by atoms with E-state index in [4.69, 9.17) is 9.47 Å². The number of hydrogen-bond acceptors (Lipinski definition) is 3. The average Bonchev–Trinajstić information content (AvgIpc) is 2.87. The molecule has 0 amide bonds. The molecule has 0 fully saturated rings. The molecule has 0 saturated heterocycles. The van der Waals surface area contributed by atoms with Crippen molar-refractivity contribution in [3.05, 3.63) is 58.7 Å². The fraction of sp³-hybridized carbons (Fsp3) is 0.333. The predicted octanol–water partition coefficient (Wildman–Crippen LogP) is 3.18. The van der Waals surface area contributed by atoms with Gasteiger partial charge in [-0.1, -0.05) is 35.9 Å². The van der Waals surface area contributed by atoms with Gasteiger partial charge in [-0.15, -0.1) is 0 Å². The highest BCUT2D eigenvalue weighted by Gasteiger charge is 2.23. The van der Waals surface area contributed by atoms with Crippen LogP contribution in [0.3, 0.4) is 0 Å². The Labute approximate surface area is 125 Å². The monoisotopic (exact) mass is 284 g/mol. The summed E-state index contributed by atoms with van der Waals surface area (Å²) in [7, 11) is 0. The molecular weight excluding hydrogens is 264 g/mol. The van der Waals surface area contributed by atoms with Crippen molar-refractivity contribution in [1.82, 2.24) is 0 Å². The van der Waals surface area contributed by atoms with Gasteiger partial charge in [0.05, 0.1) is 6.61 Å². The van der Waals surface area contributed by atoms with Crippen LogP contribution in [0.4, 0.5) is 0 Å². The number of para-hydroxylation sites is 1. The first-order valence-electron chi connectivity index (χ1n) is 7.25. The van der Waals surface area contributed by atoms with Crippen LogP contribution in [0.25, 0.3) is 0 Å². The number of aryl methyl sites for hydroxylation is 2. The van der Waals surface area contributed by atoms with Gasteiger partial charge in [0.2, 0.25) is 0 Å². The standard InChI is InChI=1S/C18H20O3/c1-12-6-7-17-15(8-12)9-16(21-17)11-20-18-13(2)4-3-5-14(18)10-19/h3-8,16,19H,9-11H2,1-2H3. The van der Waals surface area contributed by atoms with E-state index in [1.807, 2.05) is 31.2 Å². The molecule has 3 nitrogen and oxygen atoms in total. The van der Waals surface area contributed by atoms with Crippen molar-refractivity contribution in [3.8, 4) is 11.5 Å². The maximum atomic E-state index is 9.40. The van der Waals surface area contributed by atoms with E-state index in [-0.39, 0.29) is 12.7 Å². The van der Waals surface area contributed by atoms with Crippen molar-refractivity contribution >= 4 is 0 Å². The van der Waals surface area contributed by atoms with Gasteiger partial charge < -0.3 is 14.6 Å². The Morgan fingerprint density at radius 3 is 2.90 bits per heavy atom. The number of benzene rings is 2. The minimum Gasteiger partial charge on any atom is -0.489 e. The SMILES string of the molecule is Cc1ccc2c(c1)CC(COc1c(C)cccc1CO)O2. The molecule has 0 radical (unpaired) electrons. The lowest BCUT2D eigenvalue weighted by Crippen LogP contribution is -2.23. The molecule has 1 N–H and O–H groups in total. The number of fused-ring (bicyclic) bond motifs is 1. The Bertz CT molecular complexity index is 649. The highest BCUT2D eigenvalue weighted by atomic mass is 16.5. The summed E-state index contributed by atoms with van der Waals surface area (Å²) in [5, 5.41) is 9.40. The molecule has 0 aliphatic carbocycles. The first-order chi connectivity index (χ1) is 10.2. The highest BCUT2D eigenvalue weighted by Crippen LogP contribution is 2.30. The van der Waals surface area contributed by atoms with Crippen LogP contribution in [-0.4, -0.2) is 17.8 Å². The molecule has 0 bridgehead atoms. The van der Waals surface area contributed by atoms with Gasteiger partial charge in [0, 0.05) is 12.0 Å². The number of ether oxygens (including phenoxy) is 2. The zero-order valence-corrected chi connectivity index (χ0v) is 12.4. The molecule has 1 heterocycles. The lowest BCUT2D eigenvalue weighted by molar-refractivity contribution is 0.145. The molecule has 0 saturated carbocycles. The normalized spacial score (nSPS) is 16.4. The predicted molar refractivity (Wildman–Crippen MR) is 81.9 cm³/mol. The van der Waals surface area contributed by atoms with Gasteiger partial charge in [0.15, 0.2) is 0 Å². The van der Waals surface area contributed by atoms with Gasteiger partial charge in [-0.2, -0.15) is 0 Å². The van der Waals surface area contributed by atoms with Crippen LogP contribution >= 0.6 is 0 Å². The average molecular weight is 284 g/mol. The van der Waals surface area contributed by atoms with Crippen molar-refractivity contribution in [1.29, 1.82) is 0 Å². The Balaban J connectivity index is 1.68. The maximum Gasteiger partial charge on any atom is 0.137 e. The first kappa shape index (κ1) is 14.0. The molecule has 1 aliphatic rings. The Hall–Kier alpha value is -2.00. The van der Waals surface area contributed by atoms with Crippen LogP contribution in [0.1, 0.15) is 22.3 Å². The molecule has 3 rings (SSSR count). The first-order valence-corrected chi connectivity index (χ1v) is 7.25. The molecule has 0 aromatic heterocycles. The minimum absolute atomic E-state index is 0.0119. The summed E-state index contributed by atoms with van der Waals surface area (Å²) in [5.41, 5.74) is 4.35. The molecule has 110 valence electrons. The van der Waals surface area contributed by atoms with Crippen LogP contribution < -0.4 is 9.47 Å².